The van der Waals surface area contributed by atoms with E-state index in [1.807, 2.05) is 55.7 Å². The standard InChI is InChI=1S/C24H27N5O4S2/c1-6-33-19-9-7-18(8-10-19)28-15(4)11-17(16(28)5)12-20-21(25)29-23(26-22(20)30)34-27-24(29)35(31,32)13-14(2)3/h7-12,14,25H,6,13H2,1-5H3/b20-12-,25-21?. The minimum Gasteiger partial charge on any atom is -0.494 e. The number of fused-ring (bicyclic) bond motifs is 1. The van der Waals surface area contributed by atoms with Crippen LogP contribution in [-0.2, 0) is 14.6 Å². The van der Waals surface area contributed by atoms with E-state index in [4.69, 9.17) is 10.1 Å². The lowest BCUT2D eigenvalue weighted by Crippen LogP contribution is -2.46. The SMILES string of the molecule is CCOc1ccc(-n2c(C)cc(/C=C3/C(=N)N4C(=NC3=O)SN=C4S(=O)(=O)CC(C)C)c2C)cc1. The molecule has 0 fully saturated rings. The lowest BCUT2D eigenvalue weighted by atomic mass is 10.1. The van der Waals surface area contributed by atoms with Gasteiger partial charge in [-0.25, -0.2) is 13.3 Å². The van der Waals surface area contributed by atoms with Gasteiger partial charge in [0.2, 0.25) is 20.2 Å². The first-order valence-electron chi connectivity index (χ1n) is 11.2. The van der Waals surface area contributed by atoms with Crippen molar-refractivity contribution in [2.75, 3.05) is 12.4 Å². The summed E-state index contributed by atoms with van der Waals surface area (Å²) in [5.74, 6) is -0.291. The van der Waals surface area contributed by atoms with Crippen molar-refractivity contribution in [1.82, 2.24) is 9.47 Å². The first-order valence-corrected chi connectivity index (χ1v) is 13.6. The van der Waals surface area contributed by atoms with Gasteiger partial charge in [0.05, 0.1) is 29.9 Å². The topological polar surface area (TPSA) is 117 Å². The highest BCUT2D eigenvalue weighted by atomic mass is 32.2. The zero-order valence-corrected chi connectivity index (χ0v) is 21.8. The van der Waals surface area contributed by atoms with Crippen LogP contribution >= 0.6 is 11.9 Å². The molecule has 11 heteroatoms. The Hall–Kier alpha value is -3.18. The molecule has 0 atom stereocenters. The van der Waals surface area contributed by atoms with E-state index in [1.165, 1.54) is 0 Å². The number of hydrogen-bond acceptors (Lipinski definition) is 7. The van der Waals surface area contributed by atoms with E-state index in [9.17, 15) is 13.2 Å². The fraction of sp³-hybridized carbons (Fsp3) is 0.333. The summed E-state index contributed by atoms with van der Waals surface area (Å²) < 4.78 is 37.3. The van der Waals surface area contributed by atoms with Crippen molar-refractivity contribution in [1.29, 1.82) is 5.41 Å². The molecule has 2 aromatic rings. The Morgan fingerprint density at radius 3 is 2.51 bits per heavy atom. The maximum atomic E-state index is 12.9. The molecule has 2 aliphatic rings. The molecule has 0 spiro atoms. The Morgan fingerprint density at radius 2 is 1.89 bits per heavy atom. The summed E-state index contributed by atoms with van der Waals surface area (Å²) >= 11 is 0.797. The van der Waals surface area contributed by atoms with E-state index < -0.39 is 15.7 Å². The number of hydrogen-bond donors (Lipinski definition) is 1. The third kappa shape index (κ3) is 4.70. The molecule has 0 radical (unpaired) electrons. The van der Waals surface area contributed by atoms with Crippen LogP contribution in [0.5, 0.6) is 5.75 Å². The number of sulfone groups is 1. The van der Waals surface area contributed by atoms with Crippen LogP contribution in [0.25, 0.3) is 11.8 Å². The van der Waals surface area contributed by atoms with Crippen molar-refractivity contribution in [3.8, 4) is 11.4 Å². The second kappa shape index (κ2) is 9.46. The number of rotatable bonds is 6. The van der Waals surface area contributed by atoms with Crippen LogP contribution in [0.2, 0.25) is 0 Å². The average Bonchev–Trinajstić information content (AvgIpc) is 3.32. The number of amidine groups is 3. The lowest BCUT2D eigenvalue weighted by Gasteiger charge is -2.24. The molecule has 1 aromatic heterocycles. The molecule has 0 aliphatic carbocycles. The number of amides is 1. The fourth-order valence-electron chi connectivity index (χ4n) is 4.06. The number of carbonyl (C=O) groups is 1. The molecule has 0 saturated carbocycles. The monoisotopic (exact) mass is 513 g/mol. The van der Waals surface area contributed by atoms with E-state index in [-0.39, 0.29) is 33.4 Å². The van der Waals surface area contributed by atoms with Crippen molar-refractivity contribution in [2.24, 2.45) is 15.3 Å². The quantitative estimate of drug-likeness (QED) is 0.458. The average molecular weight is 514 g/mol. The second-order valence-corrected chi connectivity index (χ2v) is 11.3. The molecule has 9 nitrogen and oxygen atoms in total. The maximum Gasteiger partial charge on any atom is 0.283 e. The summed E-state index contributed by atoms with van der Waals surface area (Å²) in [7, 11) is -3.75. The number of carbonyl (C=O) groups excluding carboxylic acids is 1. The Morgan fingerprint density at radius 1 is 1.20 bits per heavy atom. The van der Waals surface area contributed by atoms with Crippen LogP contribution in [0, 0.1) is 25.2 Å². The van der Waals surface area contributed by atoms with Crippen LogP contribution in [0.3, 0.4) is 0 Å². The van der Waals surface area contributed by atoms with Gasteiger partial charge in [-0.1, -0.05) is 13.8 Å². The Bertz CT molecular complexity index is 1400. The molecular weight excluding hydrogens is 486 g/mol. The third-order valence-corrected chi connectivity index (χ3v) is 8.25. The summed E-state index contributed by atoms with van der Waals surface area (Å²) in [5, 5.41) is 8.51. The van der Waals surface area contributed by atoms with Gasteiger partial charge in [0, 0.05) is 17.1 Å². The van der Waals surface area contributed by atoms with Crippen LogP contribution in [0.1, 0.15) is 37.7 Å². The van der Waals surface area contributed by atoms with Gasteiger partial charge in [0.1, 0.15) is 11.6 Å². The molecule has 4 rings (SSSR count). The van der Waals surface area contributed by atoms with Crippen molar-refractivity contribution in [3.63, 3.8) is 0 Å². The Labute approximate surface area is 209 Å². The smallest absolute Gasteiger partial charge is 0.283 e. The summed E-state index contributed by atoms with van der Waals surface area (Å²) in [6.45, 7) is 9.99. The van der Waals surface area contributed by atoms with Gasteiger partial charge in [-0.3, -0.25) is 10.2 Å². The zero-order chi connectivity index (χ0) is 25.5. The van der Waals surface area contributed by atoms with Crippen LogP contribution in [0.15, 0.2) is 45.3 Å². The third-order valence-electron chi connectivity index (χ3n) is 5.50. The van der Waals surface area contributed by atoms with Gasteiger partial charge in [0.15, 0.2) is 0 Å². The zero-order valence-electron chi connectivity index (χ0n) is 20.2. The molecule has 0 unspecified atom stereocenters. The minimum absolute atomic E-state index is 0.00985. The van der Waals surface area contributed by atoms with E-state index in [0.717, 1.165) is 45.2 Å². The fourth-order valence-corrected chi connectivity index (χ4v) is 6.79. The van der Waals surface area contributed by atoms with Gasteiger partial charge in [-0.2, -0.15) is 9.39 Å². The van der Waals surface area contributed by atoms with Gasteiger partial charge in [-0.05, 0) is 68.7 Å². The molecule has 0 bridgehead atoms. The van der Waals surface area contributed by atoms with Gasteiger partial charge < -0.3 is 9.30 Å². The van der Waals surface area contributed by atoms with E-state index in [1.54, 1.807) is 19.9 Å². The van der Waals surface area contributed by atoms with Gasteiger partial charge in [-0.15, -0.1) is 0 Å². The predicted molar refractivity (Wildman–Crippen MR) is 140 cm³/mol. The van der Waals surface area contributed by atoms with E-state index >= 15 is 0 Å². The molecule has 35 heavy (non-hydrogen) atoms. The number of aryl methyl sites for hydroxylation is 1. The molecule has 184 valence electrons. The maximum absolute atomic E-state index is 12.9. The number of aliphatic imine (C=N–C) groups is 1. The summed E-state index contributed by atoms with van der Waals surface area (Å²) in [6, 6.07) is 9.62. The Kier molecular flexibility index (Phi) is 6.74. The normalized spacial score (nSPS) is 17.2. The second-order valence-electron chi connectivity index (χ2n) is 8.67. The van der Waals surface area contributed by atoms with Gasteiger partial charge in [0.25, 0.3) is 5.91 Å². The summed E-state index contributed by atoms with van der Waals surface area (Å²) in [5.41, 5.74) is 3.49. The molecule has 1 aromatic carbocycles. The van der Waals surface area contributed by atoms with Crippen LogP contribution in [-0.4, -0.2) is 52.3 Å². The largest absolute Gasteiger partial charge is 0.494 e. The minimum atomic E-state index is -3.75. The van der Waals surface area contributed by atoms with Gasteiger partial charge >= 0.3 is 0 Å². The Balaban J connectivity index is 1.70. The summed E-state index contributed by atoms with van der Waals surface area (Å²) in [6.07, 6.45) is 1.59. The molecule has 2 aliphatic heterocycles. The molecular formula is C24H27N5O4S2. The summed E-state index contributed by atoms with van der Waals surface area (Å²) in [4.78, 5) is 18.0. The van der Waals surface area contributed by atoms with Crippen LogP contribution < -0.4 is 4.74 Å². The van der Waals surface area contributed by atoms with Crippen molar-refractivity contribution >= 4 is 49.9 Å². The van der Waals surface area contributed by atoms with Crippen molar-refractivity contribution in [3.05, 3.63) is 52.9 Å². The highest BCUT2D eigenvalue weighted by Crippen LogP contribution is 2.32. The molecule has 0 saturated heterocycles. The van der Waals surface area contributed by atoms with E-state index in [0.29, 0.717) is 6.61 Å². The first kappa shape index (κ1) is 24.9. The molecule has 3 heterocycles. The van der Waals surface area contributed by atoms with Crippen molar-refractivity contribution in [2.45, 2.75) is 34.6 Å². The van der Waals surface area contributed by atoms with Crippen LogP contribution in [0.4, 0.5) is 0 Å². The van der Waals surface area contributed by atoms with Crippen molar-refractivity contribution < 1.29 is 17.9 Å². The lowest BCUT2D eigenvalue weighted by molar-refractivity contribution is -0.114. The number of nitrogens with one attached hydrogen (secondary N) is 1. The highest BCUT2D eigenvalue weighted by molar-refractivity contribution is 8.16. The molecule has 1 amide bonds. The number of ether oxygens (including phenoxy) is 1. The number of nitrogens with zero attached hydrogens (tertiary/aromatic N) is 4. The number of benzene rings is 1. The van der Waals surface area contributed by atoms with E-state index in [2.05, 4.69) is 9.39 Å². The predicted octanol–water partition coefficient (Wildman–Crippen LogP) is 4.14. The molecule has 1 N–H and O–H groups in total. The number of aromatic nitrogens is 1. The first-order chi connectivity index (χ1) is 16.5. The highest BCUT2D eigenvalue weighted by Gasteiger charge is 2.42.